The van der Waals surface area contributed by atoms with Crippen LogP contribution in [0.3, 0.4) is 0 Å². The predicted molar refractivity (Wildman–Crippen MR) is 98.2 cm³/mol. The highest BCUT2D eigenvalue weighted by Gasteiger charge is 2.54. The number of nitrogens with one attached hydrogen (secondary N) is 1. The third-order valence-corrected chi connectivity index (χ3v) is 4.86. The summed E-state index contributed by atoms with van der Waals surface area (Å²) in [6.45, 7) is 5.11. The number of phenols is 1. The van der Waals surface area contributed by atoms with Gasteiger partial charge in [0.05, 0.1) is 12.5 Å². The van der Waals surface area contributed by atoms with Crippen LogP contribution < -0.4 is 5.32 Å². The van der Waals surface area contributed by atoms with Gasteiger partial charge in [-0.1, -0.05) is 0 Å². The lowest BCUT2D eigenvalue weighted by Gasteiger charge is -2.49. The van der Waals surface area contributed by atoms with Crippen LogP contribution in [-0.4, -0.2) is 53.8 Å². The normalized spacial score (nSPS) is 26.1. The van der Waals surface area contributed by atoms with Crippen molar-refractivity contribution in [3.8, 4) is 5.75 Å². The second kappa shape index (κ2) is 7.25. The number of guanidine groups is 1. The van der Waals surface area contributed by atoms with Crippen LogP contribution in [0.2, 0.25) is 0 Å². The zero-order chi connectivity index (χ0) is 21.6. The van der Waals surface area contributed by atoms with Gasteiger partial charge in [0.1, 0.15) is 17.0 Å². The Morgan fingerprint density at radius 3 is 2.72 bits per heavy atom. The minimum atomic E-state index is -1.47. The monoisotopic (exact) mass is 411 g/mol. The molecule has 2 heterocycles. The quantitative estimate of drug-likeness (QED) is 0.735. The van der Waals surface area contributed by atoms with Gasteiger partial charge in [-0.3, -0.25) is 9.69 Å². The van der Waals surface area contributed by atoms with Gasteiger partial charge in [0.15, 0.2) is 11.6 Å². The van der Waals surface area contributed by atoms with Crippen molar-refractivity contribution in [1.82, 2.24) is 10.2 Å². The Bertz CT molecular complexity index is 883. The number of ether oxygens (including phenoxy) is 2. The number of phenolic OH excluding ortho intramolecular Hbond substituents is 1. The molecule has 2 unspecified atom stereocenters. The van der Waals surface area contributed by atoms with E-state index in [0.29, 0.717) is 6.07 Å². The molecule has 2 amide bonds. The standard InChI is InChI=1S/C19H23F2N3O5/c1-18(2,3)29-17(27)22-16-23-19(11-7-14(25)13(21)8-12(11)20)9-28-6-5-10(19)15(26)24(16)4/h7-8,10,25H,5-6,9H2,1-4H3,(H,22,23,27). The number of fused-ring (bicyclic) bond motifs is 1. The summed E-state index contributed by atoms with van der Waals surface area (Å²) in [5.41, 5.74) is -2.43. The van der Waals surface area contributed by atoms with Gasteiger partial charge in [0, 0.05) is 25.3 Å². The van der Waals surface area contributed by atoms with Crippen LogP contribution >= 0.6 is 0 Å². The lowest BCUT2D eigenvalue weighted by Crippen LogP contribution is -2.68. The maximum atomic E-state index is 14.7. The summed E-state index contributed by atoms with van der Waals surface area (Å²) in [6.07, 6.45) is -0.680. The Labute approximate surface area is 166 Å². The first-order valence-electron chi connectivity index (χ1n) is 9.08. The highest BCUT2D eigenvalue weighted by molar-refractivity contribution is 6.04. The molecule has 2 saturated heterocycles. The van der Waals surface area contributed by atoms with Crippen LogP contribution in [0.25, 0.3) is 0 Å². The molecule has 3 rings (SSSR count). The van der Waals surface area contributed by atoms with Gasteiger partial charge < -0.3 is 19.9 Å². The Kier molecular flexibility index (Phi) is 5.24. The molecule has 2 aliphatic rings. The largest absolute Gasteiger partial charge is 0.505 e. The van der Waals surface area contributed by atoms with Gasteiger partial charge in [-0.25, -0.2) is 13.6 Å². The van der Waals surface area contributed by atoms with Crippen LogP contribution in [0.4, 0.5) is 13.6 Å². The molecule has 1 aromatic carbocycles. The lowest BCUT2D eigenvalue weighted by atomic mass is 9.73. The van der Waals surface area contributed by atoms with E-state index in [4.69, 9.17) is 9.47 Å². The fraction of sp³-hybridized carbons (Fsp3) is 0.526. The highest BCUT2D eigenvalue weighted by Crippen LogP contribution is 2.42. The van der Waals surface area contributed by atoms with E-state index >= 15 is 0 Å². The van der Waals surface area contributed by atoms with E-state index in [-0.39, 0.29) is 31.2 Å². The number of carbonyl (C=O) groups excluding carboxylic acids is 2. The summed E-state index contributed by atoms with van der Waals surface area (Å²) < 4.78 is 39.0. The van der Waals surface area contributed by atoms with Crippen LogP contribution in [0.5, 0.6) is 5.75 Å². The summed E-state index contributed by atoms with van der Waals surface area (Å²) in [5, 5.41) is 12.7. The summed E-state index contributed by atoms with van der Waals surface area (Å²) in [6, 6.07) is 1.46. The van der Waals surface area contributed by atoms with E-state index in [1.807, 2.05) is 0 Å². The van der Waals surface area contributed by atoms with E-state index in [9.17, 15) is 23.5 Å². The fourth-order valence-corrected chi connectivity index (χ4v) is 3.55. The number of aliphatic imine (C=N–C) groups is 1. The molecule has 158 valence electrons. The van der Waals surface area contributed by atoms with Crippen LogP contribution in [0, 0.1) is 17.6 Å². The third kappa shape index (κ3) is 3.89. The number of hydrogen-bond donors (Lipinski definition) is 2. The Morgan fingerprint density at radius 2 is 2.07 bits per heavy atom. The van der Waals surface area contributed by atoms with Crippen molar-refractivity contribution in [2.45, 2.75) is 38.3 Å². The molecule has 0 saturated carbocycles. The van der Waals surface area contributed by atoms with Gasteiger partial charge in [-0.15, -0.1) is 4.99 Å². The van der Waals surface area contributed by atoms with Crippen molar-refractivity contribution in [1.29, 1.82) is 0 Å². The molecule has 0 radical (unpaired) electrons. The minimum absolute atomic E-state index is 0.146. The maximum absolute atomic E-state index is 14.7. The SMILES string of the molecule is CN1C(=O)C2CCOCC2(c2cc(O)c(F)cc2F)NC1=NC(=O)OC(C)(C)C. The molecule has 2 atom stereocenters. The number of benzene rings is 1. The van der Waals surface area contributed by atoms with E-state index in [1.54, 1.807) is 20.8 Å². The average Bonchev–Trinajstić information content (AvgIpc) is 2.61. The number of aromatic hydroxyl groups is 1. The first-order chi connectivity index (χ1) is 13.4. The number of rotatable bonds is 1. The Hall–Kier alpha value is -2.75. The van der Waals surface area contributed by atoms with Gasteiger partial charge in [-0.05, 0) is 33.3 Å². The first kappa shape index (κ1) is 21.0. The summed E-state index contributed by atoms with van der Waals surface area (Å²) in [5.74, 6) is -4.21. The van der Waals surface area contributed by atoms with Crippen molar-refractivity contribution in [2.24, 2.45) is 10.9 Å². The molecule has 29 heavy (non-hydrogen) atoms. The Balaban J connectivity index is 2.09. The summed E-state index contributed by atoms with van der Waals surface area (Å²) >= 11 is 0. The second-order valence-corrected chi connectivity index (χ2v) is 8.09. The molecule has 0 bridgehead atoms. The summed E-state index contributed by atoms with van der Waals surface area (Å²) in [7, 11) is 1.43. The molecule has 10 heteroatoms. The second-order valence-electron chi connectivity index (χ2n) is 8.09. The third-order valence-electron chi connectivity index (χ3n) is 4.86. The van der Waals surface area contributed by atoms with E-state index in [1.165, 1.54) is 7.05 Å². The van der Waals surface area contributed by atoms with Gasteiger partial charge in [-0.2, -0.15) is 0 Å². The predicted octanol–water partition coefficient (Wildman–Crippen LogP) is 2.25. The van der Waals surface area contributed by atoms with Gasteiger partial charge in [0.25, 0.3) is 0 Å². The molecule has 0 spiro atoms. The average molecular weight is 411 g/mol. The number of nitrogens with zero attached hydrogens (tertiary/aromatic N) is 2. The fourth-order valence-electron chi connectivity index (χ4n) is 3.55. The molecular formula is C19H23F2N3O5. The van der Waals surface area contributed by atoms with Crippen molar-refractivity contribution >= 4 is 18.0 Å². The Morgan fingerprint density at radius 1 is 1.38 bits per heavy atom. The van der Waals surface area contributed by atoms with E-state index < -0.39 is 46.4 Å². The zero-order valence-electron chi connectivity index (χ0n) is 16.6. The van der Waals surface area contributed by atoms with Crippen LogP contribution in [0.1, 0.15) is 32.8 Å². The molecule has 8 nitrogen and oxygen atoms in total. The molecule has 2 N–H and O–H groups in total. The first-order valence-corrected chi connectivity index (χ1v) is 9.08. The molecule has 0 aromatic heterocycles. The van der Waals surface area contributed by atoms with E-state index in [2.05, 4.69) is 10.3 Å². The molecule has 2 fully saturated rings. The molecule has 2 aliphatic heterocycles. The van der Waals surface area contributed by atoms with Gasteiger partial charge in [0.2, 0.25) is 11.9 Å². The topological polar surface area (TPSA) is 100 Å². The van der Waals surface area contributed by atoms with Crippen LogP contribution in [-0.2, 0) is 19.8 Å². The minimum Gasteiger partial charge on any atom is -0.505 e. The van der Waals surface area contributed by atoms with Crippen molar-refractivity contribution < 1.29 is 33.0 Å². The highest BCUT2D eigenvalue weighted by atomic mass is 19.1. The van der Waals surface area contributed by atoms with E-state index in [0.717, 1.165) is 11.0 Å². The zero-order valence-corrected chi connectivity index (χ0v) is 16.6. The number of carbonyl (C=O) groups is 2. The van der Waals surface area contributed by atoms with Crippen molar-refractivity contribution in [2.75, 3.05) is 20.3 Å². The molecule has 1 aromatic rings. The number of hydrogen-bond acceptors (Lipinski definition) is 5. The maximum Gasteiger partial charge on any atom is 0.437 e. The van der Waals surface area contributed by atoms with Crippen LogP contribution in [0.15, 0.2) is 17.1 Å². The van der Waals surface area contributed by atoms with Crippen molar-refractivity contribution in [3.63, 3.8) is 0 Å². The lowest BCUT2D eigenvalue weighted by molar-refractivity contribution is -0.143. The number of halogens is 2. The molecule has 0 aliphatic carbocycles. The van der Waals surface area contributed by atoms with Crippen molar-refractivity contribution in [3.05, 3.63) is 29.3 Å². The number of amides is 2. The van der Waals surface area contributed by atoms with Gasteiger partial charge >= 0.3 is 6.09 Å². The molecular weight excluding hydrogens is 388 g/mol. The smallest absolute Gasteiger partial charge is 0.437 e. The summed E-state index contributed by atoms with van der Waals surface area (Å²) in [4.78, 5) is 30.2.